The van der Waals surface area contributed by atoms with Gasteiger partial charge in [-0.05, 0) is 43.0 Å². The van der Waals surface area contributed by atoms with E-state index in [0.29, 0.717) is 18.7 Å². The van der Waals surface area contributed by atoms with Crippen molar-refractivity contribution in [1.82, 2.24) is 5.32 Å². The van der Waals surface area contributed by atoms with Crippen LogP contribution < -0.4 is 10.1 Å². The molecule has 0 bridgehead atoms. The maximum Gasteiger partial charge on any atom is 0.223 e. The van der Waals surface area contributed by atoms with Crippen LogP contribution in [0.5, 0.6) is 5.75 Å². The second-order valence-corrected chi connectivity index (χ2v) is 4.27. The van der Waals surface area contributed by atoms with Crippen LogP contribution in [0.3, 0.4) is 0 Å². The molecular formula is C13H16FNO2. The highest BCUT2D eigenvalue weighted by Crippen LogP contribution is 2.28. The van der Waals surface area contributed by atoms with Crippen molar-refractivity contribution in [1.29, 1.82) is 0 Å². The first kappa shape index (κ1) is 11.9. The number of nitrogens with one attached hydrogen (secondary N) is 1. The molecule has 4 heteroatoms. The molecular weight excluding hydrogens is 221 g/mol. The number of methoxy groups -OCH3 is 1. The molecule has 0 aliphatic heterocycles. The van der Waals surface area contributed by atoms with Crippen LogP contribution in [0.15, 0.2) is 18.2 Å². The molecule has 1 N–H and O–H groups in total. The highest BCUT2D eigenvalue weighted by atomic mass is 19.1. The Morgan fingerprint density at radius 1 is 1.53 bits per heavy atom. The molecule has 1 aromatic rings. The minimum atomic E-state index is -0.283. The SMILES string of the molecule is COc1ccc(F)cc1CCNC(=O)C1CC1. The topological polar surface area (TPSA) is 38.3 Å². The van der Waals surface area contributed by atoms with Crippen LogP contribution in [-0.2, 0) is 11.2 Å². The Hall–Kier alpha value is -1.58. The first-order chi connectivity index (χ1) is 8.20. The maximum atomic E-state index is 13.1. The van der Waals surface area contributed by atoms with Gasteiger partial charge in [-0.25, -0.2) is 4.39 Å². The molecule has 17 heavy (non-hydrogen) atoms. The Bertz CT molecular complexity index is 416. The predicted molar refractivity (Wildman–Crippen MR) is 62.4 cm³/mol. The average molecular weight is 237 g/mol. The molecule has 0 unspecified atom stereocenters. The van der Waals surface area contributed by atoms with Crippen molar-refractivity contribution in [2.75, 3.05) is 13.7 Å². The van der Waals surface area contributed by atoms with Crippen molar-refractivity contribution in [3.8, 4) is 5.75 Å². The standard InChI is InChI=1S/C13H16FNO2/c1-17-12-5-4-11(14)8-10(12)6-7-15-13(16)9-2-3-9/h4-5,8-9H,2-3,6-7H2,1H3,(H,15,16). The fourth-order valence-corrected chi connectivity index (χ4v) is 1.75. The summed E-state index contributed by atoms with van der Waals surface area (Å²) in [5.41, 5.74) is 0.781. The number of rotatable bonds is 5. The second-order valence-electron chi connectivity index (χ2n) is 4.27. The van der Waals surface area contributed by atoms with Crippen LogP contribution in [0.25, 0.3) is 0 Å². The quantitative estimate of drug-likeness (QED) is 0.849. The van der Waals surface area contributed by atoms with Crippen molar-refractivity contribution in [2.24, 2.45) is 5.92 Å². The van der Waals surface area contributed by atoms with Crippen LogP contribution >= 0.6 is 0 Å². The van der Waals surface area contributed by atoms with Crippen molar-refractivity contribution in [3.63, 3.8) is 0 Å². The van der Waals surface area contributed by atoms with Gasteiger partial charge in [-0.1, -0.05) is 0 Å². The molecule has 0 atom stereocenters. The molecule has 1 aliphatic carbocycles. The Labute approximate surface area is 100.0 Å². The van der Waals surface area contributed by atoms with Crippen molar-refractivity contribution >= 4 is 5.91 Å². The van der Waals surface area contributed by atoms with E-state index in [-0.39, 0.29) is 17.6 Å². The summed E-state index contributed by atoms with van der Waals surface area (Å²) in [6, 6.07) is 4.42. The van der Waals surface area contributed by atoms with E-state index in [1.165, 1.54) is 12.1 Å². The van der Waals surface area contributed by atoms with Gasteiger partial charge < -0.3 is 10.1 Å². The van der Waals surface area contributed by atoms with E-state index in [9.17, 15) is 9.18 Å². The van der Waals surface area contributed by atoms with E-state index in [2.05, 4.69) is 5.32 Å². The van der Waals surface area contributed by atoms with Crippen LogP contribution in [0.1, 0.15) is 18.4 Å². The fraction of sp³-hybridized carbons (Fsp3) is 0.462. The lowest BCUT2D eigenvalue weighted by molar-refractivity contribution is -0.122. The maximum absolute atomic E-state index is 13.1. The third-order valence-electron chi connectivity index (χ3n) is 2.88. The highest BCUT2D eigenvalue weighted by molar-refractivity contribution is 5.80. The normalized spacial score (nSPS) is 14.5. The van der Waals surface area contributed by atoms with Gasteiger partial charge in [0.25, 0.3) is 0 Å². The molecule has 0 saturated heterocycles. The van der Waals surface area contributed by atoms with E-state index < -0.39 is 0 Å². The first-order valence-corrected chi connectivity index (χ1v) is 5.81. The van der Waals surface area contributed by atoms with Crippen molar-refractivity contribution in [2.45, 2.75) is 19.3 Å². The molecule has 1 fully saturated rings. The minimum Gasteiger partial charge on any atom is -0.496 e. The number of halogens is 1. The first-order valence-electron chi connectivity index (χ1n) is 5.81. The monoisotopic (exact) mass is 237 g/mol. The molecule has 2 rings (SSSR count). The number of amides is 1. The summed E-state index contributed by atoms with van der Waals surface area (Å²) < 4.78 is 18.2. The van der Waals surface area contributed by atoms with Gasteiger partial charge in [0.2, 0.25) is 5.91 Å². The molecule has 1 saturated carbocycles. The number of benzene rings is 1. The number of hydrogen-bond acceptors (Lipinski definition) is 2. The van der Waals surface area contributed by atoms with Gasteiger partial charge in [0.1, 0.15) is 11.6 Å². The van der Waals surface area contributed by atoms with Gasteiger partial charge in [0.15, 0.2) is 0 Å². The molecule has 0 aromatic heterocycles. The summed E-state index contributed by atoms with van der Waals surface area (Å²) in [4.78, 5) is 11.4. The van der Waals surface area contributed by atoms with Gasteiger partial charge >= 0.3 is 0 Å². The zero-order chi connectivity index (χ0) is 12.3. The van der Waals surface area contributed by atoms with Crippen LogP contribution in [0.4, 0.5) is 4.39 Å². The second kappa shape index (κ2) is 5.17. The van der Waals surface area contributed by atoms with E-state index in [4.69, 9.17) is 4.74 Å². The minimum absolute atomic E-state index is 0.111. The van der Waals surface area contributed by atoms with Crippen LogP contribution in [0, 0.1) is 11.7 Å². The Morgan fingerprint density at radius 3 is 2.94 bits per heavy atom. The summed E-state index contributed by atoms with van der Waals surface area (Å²) in [6.07, 6.45) is 2.57. The smallest absolute Gasteiger partial charge is 0.223 e. The summed E-state index contributed by atoms with van der Waals surface area (Å²) in [7, 11) is 1.56. The molecule has 0 radical (unpaired) electrons. The molecule has 1 amide bonds. The van der Waals surface area contributed by atoms with E-state index in [1.807, 2.05) is 0 Å². The van der Waals surface area contributed by atoms with E-state index in [0.717, 1.165) is 18.4 Å². The van der Waals surface area contributed by atoms with E-state index >= 15 is 0 Å². The van der Waals surface area contributed by atoms with Gasteiger partial charge in [0, 0.05) is 12.5 Å². The predicted octanol–water partition coefficient (Wildman–Crippen LogP) is 1.90. The van der Waals surface area contributed by atoms with Gasteiger partial charge in [-0.15, -0.1) is 0 Å². The summed E-state index contributed by atoms with van der Waals surface area (Å²) >= 11 is 0. The molecule has 1 aromatic carbocycles. The largest absolute Gasteiger partial charge is 0.496 e. The van der Waals surface area contributed by atoms with Gasteiger partial charge in [-0.3, -0.25) is 4.79 Å². The third kappa shape index (κ3) is 3.19. The Kier molecular flexibility index (Phi) is 3.61. The molecule has 3 nitrogen and oxygen atoms in total. The zero-order valence-electron chi connectivity index (χ0n) is 9.83. The summed E-state index contributed by atoms with van der Waals surface area (Å²) in [5.74, 6) is 0.700. The van der Waals surface area contributed by atoms with Gasteiger partial charge in [0.05, 0.1) is 7.11 Å². The molecule has 92 valence electrons. The van der Waals surface area contributed by atoms with E-state index in [1.54, 1.807) is 13.2 Å². The lowest BCUT2D eigenvalue weighted by atomic mass is 10.1. The summed E-state index contributed by atoms with van der Waals surface area (Å²) in [5, 5.41) is 2.85. The number of carbonyl (C=O) groups is 1. The Morgan fingerprint density at radius 2 is 2.29 bits per heavy atom. The van der Waals surface area contributed by atoms with Crippen molar-refractivity contribution < 1.29 is 13.9 Å². The number of carbonyl (C=O) groups excluding carboxylic acids is 1. The van der Waals surface area contributed by atoms with Crippen LogP contribution in [-0.4, -0.2) is 19.6 Å². The lowest BCUT2D eigenvalue weighted by Gasteiger charge is -2.09. The summed E-state index contributed by atoms with van der Waals surface area (Å²) in [6.45, 7) is 0.523. The van der Waals surface area contributed by atoms with Crippen LogP contribution in [0.2, 0.25) is 0 Å². The highest BCUT2D eigenvalue weighted by Gasteiger charge is 2.29. The molecule has 0 heterocycles. The molecule has 1 aliphatic rings. The zero-order valence-corrected chi connectivity index (χ0v) is 9.83. The number of ether oxygens (including phenoxy) is 1. The third-order valence-corrected chi connectivity index (χ3v) is 2.88. The average Bonchev–Trinajstić information content (AvgIpc) is 3.13. The van der Waals surface area contributed by atoms with Crippen molar-refractivity contribution in [3.05, 3.63) is 29.6 Å². The molecule has 0 spiro atoms. The fourth-order valence-electron chi connectivity index (χ4n) is 1.75. The Balaban J connectivity index is 1.88. The number of hydrogen-bond donors (Lipinski definition) is 1. The lowest BCUT2D eigenvalue weighted by Crippen LogP contribution is -2.27. The van der Waals surface area contributed by atoms with Gasteiger partial charge in [-0.2, -0.15) is 0 Å².